The van der Waals surface area contributed by atoms with Gasteiger partial charge < -0.3 is 10.1 Å². The average Bonchev–Trinajstić information content (AvgIpc) is 3.24. The predicted molar refractivity (Wildman–Crippen MR) is 123 cm³/mol. The number of fused-ring (bicyclic) bond motifs is 1. The van der Waals surface area contributed by atoms with Crippen LogP contribution in [0.5, 0.6) is 5.88 Å². The maximum absolute atomic E-state index is 12.1. The molecule has 2 N–H and O–H groups in total. The molecule has 160 valence electrons. The van der Waals surface area contributed by atoms with E-state index in [9.17, 15) is 4.79 Å². The number of halogens is 1. The molecule has 0 saturated carbocycles. The van der Waals surface area contributed by atoms with Crippen LogP contribution < -0.4 is 14.8 Å². The van der Waals surface area contributed by atoms with Crippen LogP contribution in [-0.4, -0.2) is 34.5 Å². The Balaban J connectivity index is 1.41. The van der Waals surface area contributed by atoms with Gasteiger partial charge in [0.25, 0.3) is 0 Å². The van der Waals surface area contributed by atoms with Gasteiger partial charge in [0.05, 0.1) is 30.9 Å². The summed E-state index contributed by atoms with van der Waals surface area (Å²) in [5.41, 5.74) is 4.33. The Morgan fingerprint density at radius 2 is 2.06 bits per heavy atom. The van der Waals surface area contributed by atoms with Crippen molar-refractivity contribution in [2.24, 2.45) is 0 Å². The number of urea groups is 1. The van der Waals surface area contributed by atoms with Crippen LogP contribution in [0.25, 0.3) is 11.3 Å². The van der Waals surface area contributed by atoms with E-state index in [0.717, 1.165) is 35.5 Å². The lowest BCUT2D eigenvalue weighted by atomic mass is 9.92. The maximum Gasteiger partial charge on any atom is 0.325 e. The quantitative estimate of drug-likeness (QED) is 0.528. The summed E-state index contributed by atoms with van der Waals surface area (Å²) in [6.45, 7) is 0.424. The molecule has 1 aliphatic rings. The number of benzene rings is 1. The monoisotopic (exact) mass is 455 g/mol. The molecule has 0 unspecified atom stereocenters. The third-order valence-corrected chi connectivity index (χ3v) is 5.95. The molecule has 0 fully saturated rings. The number of nitrogens with zero attached hydrogens (tertiary/aromatic N) is 3. The molecule has 0 aliphatic heterocycles. The fourth-order valence-electron chi connectivity index (χ4n) is 3.42. The topological polar surface area (TPSA) is 81.1 Å². The number of amides is 2. The molecule has 4 rings (SSSR count). The molecule has 1 aromatic carbocycles. The van der Waals surface area contributed by atoms with Gasteiger partial charge in [-0.1, -0.05) is 17.7 Å². The number of allylic oxidation sites excluding steroid dienone is 1. The number of aryl methyl sites for hydroxylation is 1. The molecule has 31 heavy (non-hydrogen) atoms. The zero-order valence-electron chi connectivity index (χ0n) is 17.0. The lowest BCUT2D eigenvalue weighted by molar-refractivity contribution is 0.247. The zero-order chi connectivity index (χ0) is 21.6. The number of ether oxygens (including phenoxy) is 1. The number of carbonyl (C=O) groups is 1. The summed E-state index contributed by atoms with van der Waals surface area (Å²) in [5, 5.41) is 8.11. The third-order valence-electron chi connectivity index (χ3n) is 4.90. The van der Waals surface area contributed by atoms with Gasteiger partial charge in [0.1, 0.15) is 0 Å². The highest BCUT2D eigenvalue weighted by Crippen LogP contribution is 2.32. The van der Waals surface area contributed by atoms with Gasteiger partial charge >= 0.3 is 6.03 Å². The first-order valence-corrected chi connectivity index (χ1v) is 11.1. The summed E-state index contributed by atoms with van der Waals surface area (Å²) in [6, 6.07) is 10.8. The first-order valence-electron chi connectivity index (χ1n) is 9.87. The average molecular weight is 456 g/mol. The van der Waals surface area contributed by atoms with E-state index < -0.39 is 0 Å². The maximum atomic E-state index is 12.1. The van der Waals surface area contributed by atoms with E-state index in [1.165, 1.54) is 23.1 Å². The van der Waals surface area contributed by atoms with Crippen LogP contribution in [-0.2, 0) is 6.42 Å². The second kappa shape index (κ2) is 9.89. The highest BCUT2D eigenvalue weighted by Gasteiger charge is 2.20. The Morgan fingerprint density at radius 1 is 1.23 bits per heavy atom. The van der Waals surface area contributed by atoms with Crippen LogP contribution >= 0.6 is 23.5 Å². The molecule has 3 aromatic rings. The van der Waals surface area contributed by atoms with Gasteiger partial charge in [-0.2, -0.15) is 5.10 Å². The van der Waals surface area contributed by atoms with E-state index in [0.29, 0.717) is 17.4 Å². The van der Waals surface area contributed by atoms with Gasteiger partial charge in [-0.15, -0.1) is 0 Å². The number of pyridine rings is 1. The van der Waals surface area contributed by atoms with E-state index >= 15 is 0 Å². The Bertz CT molecular complexity index is 1080. The number of methoxy groups -OCH3 is 1. The minimum atomic E-state index is -0.249. The minimum Gasteiger partial charge on any atom is -0.481 e. The molecule has 0 bridgehead atoms. The first-order chi connectivity index (χ1) is 15.1. The second-order valence-electron chi connectivity index (χ2n) is 6.94. The number of hydrogen-bond donors (Lipinski definition) is 2. The van der Waals surface area contributed by atoms with Crippen LogP contribution in [0.15, 0.2) is 59.8 Å². The van der Waals surface area contributed by atoms with Crippen LogP contribution in [0.3, 0.4) is 0 Å². The molecule has 2 amide bonds. The summed E-state index contributed by atoms with van der Waals surface area (Å²) in [5.74, 6) is 0.562. The highest BCUT2D eigenvalue weighted by molar-refractivity contribution is 7.98. The Hall–Kier alpha value is -2.97. The molecular formula is C22H22ClN5O2S. The fourth-order valence-corrected chi connectivity index (χ4v) is 4.10. The van der Waals surface area contributed by atoms with Crippen molar-refractivity contribution >= 4 is 35.2 Å². The number of nitrogens with one attached hydrogen (secondary N) is 2. The molecule has 0 atom stereocenters. The number of hydrogen-bond acceptors (Lipinski definition) is 5. The lowest BCUT2D eigenvalue weighted by Gasteiger charge is -2.18. The van der Waals surface area contributed by atoms with Crippen LogP contribution in [0.1, 0.15) is 24.1 Å². The summed E-state index contributed by atoms with van der Waals surface area (Å²) in [4.78, 5) is 17.3. The molecule has 1 aliphatic carbocycles. The predicted octanol–water partition coefficient (Wildman–Crippen LogP) is 4.66. The van der Waals surface area contributed by atoms with Gasteiger partial charge in [0, 0.05) is 22.5 Å². The van der Waals surface area contributed by atoms with Crippen molar-refractivity contribution in [3.8, 4) is 11.6 Å². The molecule has 0 radical (unpaired) electrons. The molecule has 2 heterocycles. The SMILES string of the molecule is COc1ccc(-n2ncc3c2/C(=C/CNC(=O)NSc2ccc(Cl)cc2)CCC3)cn1. The second-order valence-corrected chi connectivity index (χ2v) is 8.26. The summed E-state index contributed by atoms with van der Waals surface area (Å²) >= 11 is 7.12. The van der Waals surface area contributed by atoms with Crippen molar-refractivity contribution in [3.63, 3.8) is 0 Å². The van der Waals surface area contributed by atoms with Crippen molar-refractivity contribution in [1.82, 2.24) is 24.8 Å². The number of carbonyl (C=O) groups excluding carboxylic acids is 1. The largest absolute Gasteiger partial charge is 0.481 e. The van der Waals surface area contributed by atoms with Crippen LogP contribution in [0, 0.1) is 0 Å². The molecule has 7 nitrogen and oxygen atoms in total. The van der Waals surface area contributed by atoms with Gasteiger partial charge in [-0.05, 0) is 72.7 Å². The van der Waals surface area contributed by atoms with E-state index in [1.807, 2.05) is 35.1 Å². The van der Waals surface area contributed by atoms with Crippen molar-refractivity contribution in [2.75, 3.05) is 13.7 Å². The van der Waals surface area contributed by atoms with E-state index in [-0.39, 0.29) is 6.03 Å². The van der Waals surface area contributed by atoms with Crippen molar-refractivity contribution in [3.05, 3.63) is 71.1 Å². The standard InChI is InChI=1S/C22H22ClN5O2S/c1-30-20-10-7-18(14-25-20)28-21-15(3-2-4-16(21)13-26-28)11-12-24-22(29)27-31-19-8-5-17(23)6-9-19/h5-11,13-14H,2-4,12H2,1H3,(H2,24,27,29)/b15-11+. The van der Waals surface area contributed by atoms with E-state index in [2.05, 4.69) is 26.2 Å². The third kappa shape index (κ3) is 5.21. The Labute approximate surface area is 190 Å². The fraction of sp³-hybridized carbons (Fsp3) is 0.227. The highest BCUT2D eigenvalue weighted by atomic mass is 35.5. The number of aromatic nitrogens is 3. The Morgan fingerprint density at radius 3 is 2.81 bits per heavy atom. The number of rotatable bonds is 6. The van der Waals surface area contributed by atoms with Gasteiger partial charge in [-0.3, -0.25) is 4.72 Å². The molecule has 0 saturated heterocycles. The summed E-state index contributed by atoms with van der Waals surface area (Å²) in [7, 11) is 1.59. The Kier molecular flexibility index (Phi) is 6.79. The zero-order valence-corrected chi connectivity index (χ0v) is 18.5. The molecule has 0 spiro atoms. The van der Waals surface area contributed by atoms with Gasteiger partial charge in [0.2, 0.25) is 5.88 Å². The van der Waals surface area contributed by atoms with Crippen LogP contribution in [0.2, 0.25) is 5.02 Å². The molecule has 2 aromatic heterocycles. The van der Waals surface area contributed by atoms with Crippen molar-refractivity contribution in [1.29, 1.82) is 0 Å². The van der Waals surface area contributed by atoms with Crippen LogP contribution in [0.4, 0.5) is 4.79 Å². The smallest absolute Gasteiger partial charge is 0.325 e. The van der Waals surface area contributed by atoms with E-state index in [4.69, 9.17) is 16.3 Å². The van der Waals surface area contributed by atoms with Gasteiger partial charge in [0.15, 0.2) is 0 Å². The van der Waals surface area contributed by atoms with Crippen molar-refractivity contribution in [2.45, 2.75) is 24.2 Å². The first kappa shape index (κ1) is 21.3. The van der Waals surface area contributed by atoms with E-state index in [1.54, 1.807) is 25.4 Å². The minimum absolute atomic E-state index is 0.249. The van der Waals surface area contributed by atoms with Crippen molar-refractivity contribution < 1.29 is 9.53 Å². The lowest BCUT2D eigenvalue weighted by Crippen LogP contribution is -2.31. The molecule has 9 heteroatoms. The van der Waals surface area contributed by atoms with Gasteiger partial charge in [-0.25, -0.2) is 14.5 Å². The summed E-state index contributed by atoms with van der Waals surface area (Å²) in [6.07, 6.45) is 8.70. The normalized spacial score (nSPS) is 14.2. The summed E-state index contributed by atoms with van der Waals surface area (Å²) < 4.78 is 9.82. The molecular weight excluding hydrogens is 434 g/mol.